The summed E-state index contributed by atoms with van der Waals surface area (Å²) in [5.41, 5.74) is -5.36. The molecule has 0 amide bonds. The van der Waals surface area contributed by atoms with Crippen molar-refractivity contribution in [2.45, 2.75) is 83.2 Å². The second-order valence-corrected chi connectivity index (χ2v) is 6.31. The van der Waals surface area contributed by atoms with Crippen LogP contribution in [-0.4, -0.2) is 22.4 Å². The Hall–Kier alpha value is -1.18. The van der Waals surface area contributed by atoms with Crippen molar-refractivity contribution in [2.24, 2.45) is 0 Å². The Balaban J connectivity index is 3.26. The molecule has 0 aromatic carbocycles. The van der Waals surface area contributed by atoms with Crippen molar-refractivity contribution in [1.29, 1.82) is 0 Å². The average Bonchev–Trinajstić information content (AvgIpc) is 2.88. The first-order valence-electron chi connectivity index (χ1n) is 8.56. The second-order valence-electron chi connectivity index (χ2n) is 6.31. The van der Waals surface area contributed by atoms with Crippen molar-refractivity contribution in [2.75, 3.05) is 0 Å². The van der Waals surface area contributed by atoms with Crippen molar-refractivity contribution >= 4 is 0 Å². The van der Waals surface area contributed by atoms with Crippen molar-refractivity contribution < 1.29 is 31.4 Å². The summed E-state index contributed by atoms with van der Waals surface area (Å²) in [4.78, 5) is 2.23. The lowest BCUT2D eigenvalue weighted by molar-refractivity contribution is -0.377. The van der Waals surface area contributed by atoms with Gasteiger partial charge in [0, 0.05) is 5.69 Å². The Morgan fingerprint density at radius 2 is 1.32 bits per heavy atom. The van der Waals surface area contributed by atoms with Crippen LogP contribution in [-0.2, 0) is 18.4 Å². The molecule has 1 heterocycles. The second kappa shape index (κ2) is 8.47. The Bertz CT molecular complexity index is 491. The van der Waals surface area contributed by atoms with Crippen molar-refractivity contribution in [1.82, 2.24) is 4.98 Å². The molecule has 0 spiro atoms. The van der Waals surface area contributed by atoms with Gasteiger partial charge in [-0.05, 0) is 37.3 Å². The summed E-state index contributed by atoms with van der Waals surface area (Å²) in [6, 6.07) is 0.831. The Morgan fingerprint density at radius 3 is 1.76 bits per heavy atom. The number of aromatic amines is 1. The third-order valence-corrected chi connectivity index (χ3v) is 4.28. The molecule has 8 heteroatoms. The first-order valence-corrected chi connectivity index (χ1v) is 8.56. The van der Waals surface area contributed by atoms with E-state index in [9.17, 15) is 31.4 Å². The highest BCUT2D eigenvalue weighted by Gasteiger charge is 2.72. The average molecular weight is 373 g/mol. The van der Waals surface area contributed by atoms with Crippen LogP contribution in [0.4, 0.5) is 26.3 Å². The predicted octanol–water partition coefficient (Wildman–Crippen LogP) is 5.79. The highest BCUT2D eigenvalue weighted by Crippen LogP contribution is 2.50. The molecule has 0 unspecified atom stereocenters. The molecule has 25 heavy (non-hydrogen) atoms. The van der Waals surface area contributed by atoms with Gasteiger partial charge in [0.2, 0.25) is 0 Å². The summed E-state index contributed by atoms with van der Waals surface area (Å²) in [5.74, 6) is 0. The standard InChI is InChI=1S/C17H25F6NO/c1-3-5-7-9-12-11-14(24-13(12)10-8-6-4-2)15(25,16(18,19)20)17(21,22)23/h11,24-25H,3-10H2,1-2H3. The highest BCUT2D eigenvalue weighted by molar-refractivity contribution is 5.32. The first-order chi connectivity index (χ1) is 11.5. The number of H-pyrrole nitrogens is 1. The number of hydrogen-bond donors (Lipinski definition) is 2. The van der Waals surface area contributed by atoms with Crippen molar-refractivity contribution in [3.63, 3.8) is 0 Å². The number of rotatable bonds is 9. The van der Waals surface area contributed by atoms with Crippen LogP contribution >= 0.6 is 0 Å². The number of aryl methyl sites for hydroxylation is 2. The van der Waals surface area contributed by atoms with Gasteiger partial charge >= 0.3 is 12.4 Å². The normalized spacial score (nSPS) is 13.5. The van der Waals surface area contributed by atoms with Crippen LogP contribution in [0.5, 0.6) is 0 Å². The molecule has 1 aromatic heterocycles. The van der Waals surface area contributed by atoms with Crippen LogP contribution in [0.25, 0.3) is 0 Å². The zero-order valence-corrected chi connectivity index (χ0v) is 14.4. The Kier molecular flexibility index (Phi) is 7.40. The van der Waals surface area contributed by atoms with Crippen LogP contribution in [0, 0.1) is 0 Å². The molecule has 0 atom stereocenters. The third kappa shape index (κ3) is 4.92. The van der Waals surface area contributed by atoms with Crippen molar-refractivity contribution in [3.8, 4) is 0 Å². The van der Waals surface area contributed by atoms with Gasteiger partial charge in [0.1, 0.15) is 0 Å². The molecule has 0 aliphatic carbocycles. The maximum absolute atomic E-state index is 13.1. The van der Waals surface area contributed by atoms with Gasteiger partial charge in [0.05, 0.1) is 5.69 Å². The molecule has 2 N–H and O–H groups in total. The van der Waals surface area contributed by atoms with Crippen LogP contribution in [0.1, 0.15) is 69.3 Å². The van der Waals surface area contributed by atoms with Crippen LogP contribution < -0.4 is 0 Å². The van der Waals surface area contributed by atoms with E-state index in [1.54, 1.807) is 0 Å². The van der Waals surface area contributed by atoms with Gasteiger partial charge in [-0.3, -0.25) is 0 Å². The summed E-state index contributed by atoms with van der Waals surface area (Å²) >= 11 is 0. The summed E-state index contributed by atoms with van der Waals surface area (Å²) in [7, 11) is 0. The zero-order valence-electron chi connectivity index (χ0n) is 14.4. The fourth-order valence-corrected chi connectivity index (χ4v) is 2.76. The summed E-state index contributed by atoms with van der Waals surface area (Å²) in [6.07, 6.45) is -6.22. The maximum Gasteiger partial charge on any atom is 0.432 e. The number of alkyl halides is 6. The monoisotopic (exact) mass is 373 g/mol. The first kappa shape index (κ1) is 21.9. The van der Waals surface area contributed by atoms with E-state index in [2.05, 4.69) is 4.98 Å². The fraction of sp³-hybridized carbons (Fsp3) is 0.765. The molecule has 0 bridgehead atoms. The van der Waals surface area contributed by atoms with E-state index < -0.39 is 23.6 Å². The smallest absolute Gasteiger partial charge is 0.368 e. The Morgan fingerprint density at radius 1 is 0.840 bits per heavy atom. The predicted molar refractivity (Wildman–Crippen MR) is 83.3 cm³/mol. The number of halogens is 6. The molecule has 1 aromatic rings. The van der Waals surface area contributed by atoms with Gasteiger partial charge in [0.15, 0.2) is 0 Å². The van der Waals surface area contributed by atoms with Crippen molar-refractivity contribution in [3.05, 3.63) is 23.0 Å². The topological polar surface area (TPSA) is 36.0 Å². The minimum Gasteiger partial charge on any atom is -0.368 e. The number of aromatic nitrogens is 1. The summed E-state index contributed by atoms with van der Waals surface area (Å²) in [5, 5.41) is 9.56. The van der Waals surface area contributed by atoms with Gasteiger partial charge in [0.25, 0.3) is 5.60 Å². The van der Waals surface area contributed by atoms with E-state index in [-0.39, 0.29) is 0 Å². The quantitative estimate of drug-likeness (QED) is 0.417. The molecular weight excluding hydrogens is 348 g/mol. The lowest BCUT2D eigenvalue weighted by atomic mass is 9.97. The van der Waals surface area contributed by atoms with E-state index in [4.69, 9.17) is 0 Å². The molecule has 1 rings (SSSR count). The summed E-state index contributed by atoms with van der Waals surface area (Å²) in [6.45, 7) is 3.91. The molecule has 0 saturated heterocycles. The van der Waals surface area contributed by atoms with E-state index in [1.165, 1.54) is 0 Å². The van der Waals surface area contributed by atoms with Crippen LogP contribution in [0.2, 0.25) is 0 Å². The van der Waals surface area contributed by atoms with E-state index in [0.717, 1.165) is 31.7 Å². The summed E-state index contributed by atoms with van der Waals surface area (Å²) < 4.78 is 78.3. The van der Waals surface area contributed by atoms with Gasteiger partial charge in [-0.15, -0.1) is 0 Å². The number of nitrogens with one attached hydrogen (secondary N) is 1. The van der Waals surface area contributed by atoms with Gasteiger partial charge in [-0.2, -0.15) is 26.3 Å². The zero-order chi connectivity index (χ0) is 19.3. The van der Waals surface area contributed by atoms with E-state index >= 15 is 0 Å². The molecule has 2 nitrogen and oxygen atoms in total. The number of unbranched alkanes of at least 4 members (excludes halogenated alkanes) is 4. The SMILES string of the molecule is CCCCCc1cc(C(O)(C(F)(F)F)C(F)(F)F)[nH]c1CCCCC. The molecule has 146 valence electrons. The van der Waals surface area contributed by atoms with E-state index in [1.807, 2.05) is 13.8 Å². The van der Waals surface area contributed by atoms with Gasteiger partial charge in [-0.1, -0.05) is 39.5 Å². The third-order valence-electron chi connectivity index (χ3n) is 4.28. The minimum absolute atomic E-state index is 0.353. The molecule has 0 saturated carbocycles. The lowest BCUT2D eigenvalue weighted by Gasteiger charge is -2.31. The van der Waals surface area contributed by atoms with E-state index in [0.29, 0.717) is 36.9 Å². The largest absolute Gasteiger partial charge is 0.432 e. The number of aliphatic hydroxyl groups is 1. The molecule has 0 radical (unpaired) electrons. The molecule has 0 aliphatic heterocycles. The molecule has 0 fully saturated rings. The minimum atomic E-state index is -5.86. The van der Waals surface area contributed by atoms with Crippen LogP contribution in [0.15, 0.2) is 6.07 Å². The van der Waals surface area contributed by atoms with Gasteiger partial charge < -0.3 is 10.1 Å². The van der Waals surface area contributed by atoms with Crippen LogP contribution in [0.3, 0.4) is 0 Å². The Labute approximate surface area is 143 Å². The lowest BCUT2D eigenvalue weighted by Crippen LogP contribution is -2.54. The number of hydrogen-bond acceptors (Lipinski definition) is 1. The fourth-order valence-electron chi connectivity index (χ4n) is 2.76. The molecular formula is C17H25F6NO. The maximum atomic E-state index is 13.1. The molecule has 0 aliphatic rings. The highest BCUT2D eigenvalue weighted by atomic mass is 19.4. The van der Waals surface area contributed by atoms with Gasteiger partial charge in [-0.25, -0.2) is 0 Å².